The van der Waals surface area contributed by atoms with Gasteiger partial charge in [-0.2, -0.15) is 13.2 Å². The summed E-state index contributed by atoms with van der Waals surface area (Å²) in [6.45, 7) is 3.79. The highest BCUT2D eigenvalue weighted by Crippen LogP contribution is 2.33. The molecule has 0 radical (unpaired) electrons. The summed E-state index contributed by atoms with van der Waals surface area (Å²) in [5.74, 6) is -2.16. The highest BCUT2D eigenvalue weighted by Gasteiger charge is 2.36. The van der Waals surface area contributed by atoms with Gasteiger partial charge in [-0.25, -0.2) is 12.8 Å². The van der Waals surface area contributed by atoms with Gasteiger partial charge in [0.25, 0.3) is 10.0 Å². The third-order valence-electron chi connectivity index (χ3n) is 7.35. The Hall–Kier alpha value is -4.71. The van der Waals surface area contributed by atoms with Gasteiger partial charge in [0, 0.05) is 24.6 Å². The van der Waals surface area contributed by atoms with Gasteiger partial charge in [-0.15, -0.1) is 0 Å². The SMILES string of the molecule is Cc1ccc(S(=O)(=O)N(CC(=O)N(Cc2ccccc2F)[C@H](Cc2ccccc2)C(=O)NC(C)C)c2cccc(C(F)(F)F)c2)cc1. The second-order valence-electron chi connectivity index (χ2n) is 11.4. The molecule has 248 valence electrons. The first kappa shape index (κ1) is 35.1. The summed E-state index contributed by atoms with van der Waals surface area (Å²) < 4.78 is 84.9. The lowest BCUT2D eigenvalue weighted by molar-refractivity contribution is -0.140. The maximum Gasteiger partial charge on any atom is 0.416 e. The number of carbonyl (C=O) groups is 2. The lowest BCUT2D eigenvalue weighted by Crippen LogP contribution is -2.54. The van der Waals surface area contributed by atoms with Crippen LogP contribution in [0.2, 0.25) is 0 Å². The van der Waals surface area contributed by atoms with Crippen LogP contribution in [0.4, 0.5) is 23.2 Å². The molecule has 12 heteroatoms. The first-order valence-corrected chi connectivity index (χ1v) is 16.2. The monoisotopic (exact) mass is 669 g/mol. The number of nitrogens with zero attached hydrogens (tertiary/aromatic N) is 2. The normalized spacial score (nSPS) is 12.4. The van der Waals surface area contributed by atoms with Crippen molar-refractivity contribution in [1.29, 1.82) is 0 Å². The maximum absolute atomic E-state index is 15.0. The van der Waals surface area contributed by atoms with Crippen LogP contribution >= 0.6 is 0 Å². The molecule has 7 nitrogen and oxygen atoms in total. The Morgan fingerprint density at radius 1 is 0.851 bits per heavy atom. The van der Waals surface area contributed by atoms with E-state index in [-0.39, 0.29) is 22.9 Å². The van der Waals surface area contributed by atoms with E-state index in [1.54, 1.807) is 57.2 Å². The minimum absolute atomic E-state index is 0.00609. The summed E-state index contributed by atoms with van der Waals surface area (Å²) in [4.78, 5) is 28.9. The molecule has 0 aliphatic rings. The van der Waals surface area contributed by atoms with Crippen LogP contribution in [0, 0.1) is 12.7 Å². The van der Waals surface area contributed by atoms with Crippen molar-refractivity contribution in [2.45, 2.75) is 56.9 Å². The van der Waals surface area contributed by atoms with Gasteiger partial charge in [0.2, 0.25) is 11.8 Å². The molecule has 4 aromatic carbocycles. The summed E-state index contributed by atoms with van der Waals surface area (Å²) in [6, 6.07) is 22.1. The Bertz CT molecular complexity index is 1800. The number of aryl methyl sites for hydroxylation is 1. The number of halogens is 4. The van der Waals surface area contributed by atoms with E-state index in [0.29, 0.717) is 15.9 Å². The van der Waals surface area contributed by atoms with Crippen LogP contribution in [0.1, 0.15) is 36.1 Å². The van der Waals surface area contributed by atoms with Gasteiger partial charge < -0.3 is 10.2 Å². The molecule has 0 aliphatic carbocycles. The minimum Gasteiger partial charge on any atom is -0.352 e. The number of anilines is 1. The molecular weight excluding hydrogens is 634 g/mol. The van der Waals surface area contributed by atoms with Gasteiger partial charge in [0.05, 0.1) is 16.1 Å². The topological polar surface area (TPSA) is 86.8 Å². The zero-order valence-corrected chi connectivity index (χ0v) is 26.9. The van der Waals surface area contributed by atoms with Crippen LogP contribution in [0.25, 0.3) is 0 Å². The number of hydrogen-bond donors (Lipinski definition) is 1. The summed E-state index contributed by atoms with van der Waals surface area (Å²) in [7, 11) is -4.62. The molecule has 0 spiro atoms. The number of hydrogen-bond acceptors (Lipinski definition) is 4. The maximum atomic E-state index is 15.0. The molecule has 1 N–H and O–H groups in total. The Labute approximate surface area is 271 Å². The zero-order valence-electron chi connectivity index (χ0n) is 26.0. The number of nitrogens with one attached hydrogen (secondary N) is 1. The number of alkyl halides is 3. The summed E-state index contributed by atoms with van der Waals surface area (Å²) >= 11 is 0. The summed E-state index contributed by atoms with van der Waals surface area (Å²) in [5, 5.41) is 2.79. The van der Waals surface area contributed by atoms with Crippen molar-refractivity contribution in [1.82, 2.24) is 10.2 Å². The average Bonchev–Trinajstić information content (AvgIpc) is 3.02. The van der Waals surface area contributed by atoms with E-state index < -0.39 is 64.2 Å². The van der Waals surface area contributed by atoms with E-state index in [0.717, 1.165) is 28.7 Å². The van der Waals surface area contributed by atoms with Crippen molar-refractivity contribution in [3.8, 4) is 0 Å². The van der Waals surface area contributed by atoms with E-state index in [4.69, 9.17) is 0 Å². The summed E-state index contributed by atoms with van der Waals surface area (Å²) in [5.41, 5.74) is -0.0616. The van der Waals surface area contributed by atoms with Crippen LogP contribution in [-0.4, -0.2) is 43.8 Å². The number of rotatable bonds is 12. The smallest absolute Gasteiger partial charge is 0.352 e. The van der Waals surface area contributed by atoms with E-state index >= 15 is 0 Å². The quantitative estimate of drug-likeness (QED) is 0.174. The number of amides is 2. The fourth-order valence-electron chi connectivity index (χ4n) is 4.95. The Morgan fingerprint density at radius 2 is 1.49 bits per heavy atom. The molecule has 0 aliphatic heterocycles. The first-order chi connectivity index (χ1) is 22.2. The predicted molar refractivity (Wildman–Crippen MR) is 171 cm³/mol. The highest BCUT2D eigenvalue weighted by atomic mass is 32.2. The van der Waals surface area contributed by atoms with E-state index in [9.17, 15) is 35.6 Å². The van der Waals surface area contributed by atoms with E-state index in [2.05, 4.69) is 5.32 Å². The van der Waals surface area contributed by atoms with Gasteiger partial charge in [-0.05, 0) is 62.7 Å². The van der Waals surface area contributed by atoms with Gasteiger partial charge in [0.1, 0.15) is 18.4 Å². The number of benzene rings is 4. The van der Waals surface area contributed by atoms with Gasteiger partial charge >= 0.3 is 6.18 Å². The van der Waals surface area contributed by atoms with Crippen molar-refractivity contribution >= 4 is 27.5 Å². The van der Waals surface area contributed by atoms with Gasteiger partial charge in [-0.1, -0.05) is 72.3 Å². The summed E-state index contributed by atoms with van der Waals surface area (Å²) in [6.07, 6.45) is -4.81. The molecule has 2 amide bonds. The molecule has 4 rings (SSSR count). The van der Waals surface area contributed by atoms with Crippen LogP contribution in [0.15, 0.2) is 108 Å². The molecule has 0 fully saturated rings. The lowest BCUT2D eigenvalue weighted by atomic mass is 10.0. The molecule has 1 atom stereocenters. The van der Waals surface area contributed by atoms with Gasteiger partial charge in [0.15, 0.2) is 0 Å². The second kappa shape index (κ2) is 14.8. The van der Waals surface area contributed by atoms with Crippen molar-refractivity contribution in [2.24, 2.45) is 0 Å². The van der Waals surface area contributed by atoms with Gasteiger partial charge in [-0.3, -0.25) is 13.9 Å². The third-order valence-corrected chi connectivity index (χ3v) is 9.14. The van der Waals surface area contributed by atoms with Crippen molar-refractivity contribution in [3.63, 3.8) is 0 Å². The van der Waals surface area contributed by atoms with E-state index in [1.165, 1.54) is 42.5 Å². The fraction of sp³-hybridized carbons (Fsp3) is 0.257. The Kier molecular flexibility index (Phi) is 11.1. The zero-order chi connectivity index (χ0) is 34.4. The molecule has 0 bridgehead atoms. The molecule has 0 aromatic heterocycles. The standard InChI is InChI=1S/C35H35F4N3O4S/c1-24(2)40-34(44)32(20-26-10-5-4-6-11-26)41(22-27-12-7-8-15-31(27)36)33(43)23-42(29-14-9-13-28(21-29)35(37,38)39)47(45,46)30-18-16-25(3)17-19-30/h4-19,21,24,32H,20,22-23H2,1-3H3,(H,40,44)/t32-/m1/s1. The predicted octanol–water partition coefficient (Wildman–Crippen LogP) is 6.51. The lowest BCUT2D eigenvalue weighted by Gasteiger charge is -2.34. The second-order valence-corrected chi connectivity index (χ2v) is 13.2. The molecule has 0 heterocycles. The molecule has 0 saturated carbocycles. The minimum atomic E-state index is -4.80. The number of sulfonamides is 1. The highest BCUT2D eigenvalue weighted by molar-refractivity contribution is 7.92. The fourth-order valence-corrected chi connectivity index (χ4v) is 6.35. The number of carbonyl (C=O) groups excluding carboxylic acids is 2. The van der Waals surface area contributed by atoms with Crippen molar-refractivity contribution in [2.75, 3.05) is 10.8 Å². The van der Waals surface area contributed by atoms with Crippen LogP contribution in [0.5, 0.6) is 0 Å². The van der Waals surface area contributed by atoms with Crippen molar-refractivity contribution < 1.29 is 35.6 Å². The average molecular weight is 670 g/mol. The Balaban J connectivity index is 1.86. The molecule has 4 aromatic rings. The largest absolute Gasteiger partial charge is 0.416 e. The first-order valence-electron chi connectivity index (χ1n) is 14.8. The van der Waals surface area contributed by atoms with Crippen molar-refractivity contribution in [3.05, 3.63) is 131 Å². The van der Waals surface area contributed by atoms with Crippen LogP contribution in [-0.2, 0) is 38.8 Å². The van der Waals surface area contributed by atoms with E-state index in [1.807, 2.05) is 0 Å². The molecule has 0 saturated heterocycles. The van der Waals surface area contributed by atoms with Crippen LogP contribution in [0.3, 0.4) is 0 Å². The Morgan fingerprint density at radius 3 is 2.11 bits per heavy atom. The molecular formula is C35H35F4N3O4S. The molecule has 0 unspecified atom stereocenters. The third kappa shape index (κ3) is 8.97. The molecule has 47 heavy (non-hydrogen) atoms. The van der Waals surface area contributed by atoms with Crippen LogP contribution < -0.4 is 9.62 Å².